The third-order valence-electron chi connectivity index (χ3n) is 2.77. The number of hydrogen-bond donors (Lipinski definition) is 2. The molecule has 0 spiro atoms. The minimum absolute atomic E-state index is 0.306. The maximum absolute atomic E-state index is 11.4. The summed E-state index contributed by atoms with van der Waals surface area (Å²) in [6.07, 6.45) is 0. The highest BCUT2D eigenvalue weighted by molar-refractivity contribution is 5.96. The van der Waals surface area contributed by atoms with Crippen LogP contribution in [0.4, 0.5) is 5.69 Å². The fraction of sp³-hybridized carbons (Fsp3) is 0.231. The molecule has 100 valence electrons. The van der Waals surface area contributed by atoms with Crippen molar-refractivity contribution < 1.29 is 9.53 Å². The number of aromatic nitrogens is 2. The first-order valence-electron chi connectivity index (χ1n) is 5.82. The number of carbonyl (C=O) groups is 1. The van der Waals surface area contributed by atoms with Gasteiger partial charge in [0.2, 0.25) is 5.88 Å². The first-order chi connectivity index (χ1) is 9.02. The van der Waals surface area contributed by atoms with Crippen molar-refractivity contribution in [3.63, 3.8) is 0 Å². The molecule has 1 aromatic carbocycles. The Hall–Kier alpha value is -2.50. The van der Waals surface area contributed by atoms with E-state index >= 15 is 0 Å². The zero-order chi connectivity index (χ0) is 14.0. The minimum atomic E-state index is -0.549. The van der Waals surface area contributed by atoms with Gasteiger partial charge in [0, 0.05) is 19.8 Å². The third-order valence-corrected chi connectivity index (χ3v) is 2.77. The molecule has 6 nitrogen and oxygen atoms in total. The molecular formula is C13H16N4O2. The number of amides is 1. The van der Waals surface area contributed by atoms with Gasteiger partial charge in [-0.3, -0.25) is 4.79 Å². The molecule has 6 heteroatoms. The Morgan fingerprint density at radius 2 is 2.00 bits per heavy atom. The molecule has 0 radical (unpaired) electrons. The van der Waals surface area contributed by atoms with E-state index in [4.69, 9.17) is 10.5 Å². The molecule has 2 aromatic rings. The van der Waals surface area contributed by atoms with E-state index in [0.29, 0.717) is 22.9 Å². The summed E-state index contributed by atoms with van der Waals surface area (Å²) in [6, 6.07) is 7.36. The normalized spacial score (nSPS) is 10.3. The number of anilines is 1. The number of nitrogens with zero attached hydrogens (tertiary/aromatic N) is 2. The number of nitrogens with one attached hydrogen (secondary N) is 1. The average Bonchev–Trinajstić information content (AvgIpc) is 2.65. The fourth-order valence-electron chi connectivity index (χ4n) is 1.84. The van der Waals surface area contributed by atoms with Crippen LogP contribution in [0.3, 0.4) is 0 Å². The molecule has 1 amide bonds. The smallest absolute Gasteiger partial charge is 0.256 e. The second-order valence-electron chi connectivity index (χ2n) is 4.13. The number of aryl methyl sites for hydroxylation is 2. The van der Waals surface area contributed by atoms with Crippen LogP contribution in [0.15, 0.2) is 24.3 Å². The quantitative estimate of drug-likeness (QED) is 0.875. The summed E-state index contributed by atoms with van der Waals surface area (Å²) in [4.78, 5) is 11.4. The summed E-state index contributed by atoms with van der Waals surface area (Å²) in [5.74, 6) is 0.416. The number of rotatable bonds is 4. The predicted octanol–water partition coefficient (Wildman–Crippen LogP) is 1.66. The molecule has 0 aliphatic heterocycles. The molecule has 0 bridgehead atoms. The molecule has 0 fully saturated rings. The molecule has 19 heavy (non-hydrogen) atoms. The van der Waals surface area contributed by atoms with Crippen LogP contribution in [0.5, 0.6) is 11.6 Å². The monoisotopic (exact) mass is 260 g/mol. The van der Waals surface area contributed by atoms with Crippen molar-refractivity contribution in [3.05, 3.63) is 35.5 Å². The van der Waals surface area contributed by atoms with E-state index < -0.39 is 5.91 Å². The maximum atomic E-state index is 11.4. The Morgan fingerprint density at radius 3 is 2.53 bits per heavy atom. The minimum Gasteiger partial charge on any atom is -0.438 e. The van der Waals surface area contributed by atoms with Crippen molar-refractivity contribution in [2.45, 2.75) is 6.92 Å². The molecule has 0 unspecified atom stereocenters. The van der Waals surface area contributed by atoms with E-state index in [1.165, 1.54) is 4.68 Å². The highest BCUT2D eigenvalue weighted by Crippen LogP contribution is 2.27. The Bertz CT molecular complexity index is 602. The predicted molar refractivity (Wildman–Crippen MR) is 72.5 cm³/mol. The number of carbonyl (C=O) groups excluding carboxylic acids is 1. The Balaban J connectivity index is 2.34. The van der Waals surface area contributed by atoms with Crippen LogP contribution in [0.2, 0.25) is 0 Å². The molecule has 3 N–H and O–H groups in total. The average molecular weight is 260 g/mol. The largest absolute Gasteiger partial charge is 0.438 e. The molecule has 0 saturated heterocycles. The van der Waals surface area contributed by atoms with Crippen molar-refractivity contribution in [2.75, 3.05) is 12.4 Å². The lowest BCUT2D eigenvalue weighted by Gasteiger charge is -2.08. The Morgan fingerprint density at radius 1 is 1.37 bits per heavy atom. The highest BCUT2D eigenvalue weighted by atomic mass is 16.5. The van der Waals surface area contributed by atoms with Crippen LogP contribution in [-0.4, -0.2) is 22.7 Å². The molecular weight excluding hydrogens is 244 g/mol. The topological polar surface area (TPSA) is 82.2 Å². The van der Waals surface area contributed by atoms with Gasteiger partial charge in [0.1, 0.15) is 11.3 Å². The van der Waals surface area contributed by atoms with E-state index in [2.05, 4.69) is 10.4 Å². The molecule has 2 rings (SSSR count). The van der Waals surface area contributed by atoms with E-state index in [9.17, 15) is 4.79 Å². The van der Waals surface area contributed by atoms with Gasteiger partial charge in [0.25, 0.3) is 5.91 Å². The van der Waals surface area contributed by atoms with E-state index in [1.54, 1.807) is 26.1 Å². The van der Waals surface area contributed by atoms with E-state index in [0.717, 1.165) is 5.69 Å². The van der Waals surface area contributed by atoms with E-state index in [1.807, 2.05) is 19.2 Å². The van der Waals surface area contributed by atoms with Crippen LogP contribution >= 0.6 is 0 Å². The molecule has 0 atom stereocenters. The number of benzene rings is 1. The third kappa shape index (κ3) is 2.52. The first-order valence-corrected chi connectivity index (χ1v) is 5.82. The van der Waals surface area contributed by atoms with Gasteiger partial charge in [-0.2, -0.15) is 5.10 Å². The molecule has 1 heterocycles. The Labute approximate surface area is 111 Å². The lowest BCUT2D eigenvalue weighted by molar-refractivity contribution is 0.0997. The van der Waals surface area contributed by atoms with Gasteiger partial charge in [-0.1, -0.05) is 0 Å². The lowest BCUT2D eigenvalue weighted by Crippen LogP contribution is -2.13. The maximum Gasteiger partial charge on any atom is 0.256 e. The summed E-state index contributed by atoms with van der Waals surface area (Å²) < 4.78 is 7.20. The van der Waals surface area contributed by atoms with Gasteiger partial charge in [-0.15, -0.1) is 0 Å². The zero-order valence-electron chi connectivity index (χ0n) is 11.1. The van der Waals surface area contributed by atoms with Crippen LogP contribution < -0.4 is 15.8 Å². The van der Waals surface area contributed by atoms with Gasteiger partial charge < -0.3 is 15.8 Å². The summed E-state index contributed by atoms with van der Waals surface area (Å²) >= 11 is 0. The molecule has 0 saturated carbocycles. The van der Waals surface area contributed by atoms with E-state index in [-0.39, 0.29) is 0 Å². The highest BCUT2D eigenvalue weighted by Gasteiger charge is 2.19. The van der Waals surface area contributed by atoms with Gasteiger partial charge in [-0.25, -0.2) is 4.68 Å². The summed E-state index contributed by atoms with van der Waals surface area (Å²) in [7, 11) is 3.54. The lowest BCUT2D eigenvalue weighted by atomic mass is 10.2. The first kappa shape index (κ1) is 12.9. The van der Waals surface area contributed by atoms with Crippen molar-refractivity contribution in [2.24, 2.45) is 12.8 Å². The van der Waals surface area contributed by atoms with Gasteiger partial charge in [0.05, 0.1) is 5.69 Å². The van der Waals surface area contributed by atoms with Crippen molar-refractivity contribution >= 4 is 11.6 Å². The number of hydrogen-bond acceptors (Lipinski definition) is 4. The molecule has 0 aliphatic carbocycles. The van der Waals surface area contributed by atoms with Crippen molar-refractivity contribution in [1.29, 1.82) is 0 Å². The second-order valence-corrected chi connectivity index (χ2v) is 4.13. The van der Waals surface area contributed by atoms with Gasteiger partial charge >= 0.3 is 0 Å². The number of primary amides is 1. The summed E-state index contributed by atoms with van der Waals surface area (Å²) in [5.41, 5.74) is 7.18. The van der Waals surface area contributed by atoms with Crippen LogP contribution in [-0.2, 0) is 7.05 Å². The summed E-state index contributed by atoms with van der Waals surface area (Å²) in [6.45, 7) is 1.72. The summed E-state index contributed by atoms with van der Waals surface area (Å²) in [5, 5.41) is 7.16. The van der Waals surface area contributed by atoms with Crippen LogP contribution in [0.1, 0.15) is 16.1 Å². The van der Waals surface area contributed by atoms with Crippen molar-refractivity contribution in [1.82, 2.24) is 9.78 Å². The van der Waals surface area contributed by atoms with Gasteiger partial charge in [-0.05, 0) is 31.2 Å². The van der Waals surface area contributed by atoms with Crippen molar-refractivity contribution in [3.8, 4) is 11.6 Å². The second kappa shape index (κ2) is 5.01. The SMILES string of the molecule is CNc1ccc(Oc2c(C(N)=O)c(C)nn2C)cc1. The van der Waals surface area contributed by atoms with Gasteiger partial charge in [0.15, 0.2) is 0 Å². The molecule has 1 aromatic heterocycles. The fourth-order valence-corrected chi connectivity index (χ4v) is 1.84. The zero-order valence-corrected chi connectivity index (χ0v) is 11.1. The van der Waals surface area contributed by atoms with Crippen LogP contribution in [0.25, 0.3) is 0 Å². The molecule has 0 aliphatic rings. The number of ether oxygens (including phenoxy) is 1. The standard InChI is InChI=1S/C13H16N4O2/c1-8-11(12(14)18)13(17(3)16-8)19-10-6-4-9(15-2)5-7-10/h4-7,15H,1-3H3,(H2,14,18). The Kier molecular flexibility index (Phi) is 3.41. The van der Waals surface area contributed by atoms with Crippen LogP contribution in [0, 0.1) is 6.92 Å². The number of nitrogens with two attached hydrogens (primary N) is 1.